The lowest BCUT2D eigenvalue weighted by Gasteiger charge is -2.39. The number of rotatable bonds is 2. The third-order valence-electron chi connectivity index (χ3n) is 5.46. The Bertz CT molecular complexity index is 393. The van der Waals surface area contributed by atoms with Gasteiger partial charge in [-0.3, -0.25) is 9.59 Å². The molecule has 3 nitrogen and oxygen atoms in total. The number of carbonyl (C=O) groups excluding carboxylic acids is 2. The molecule has 2 aliphatic carbocycles. The number of hydrogen-bond acceptors (Lipinski definition) is 2. The molecule has 0 saturated heterocycles. The molecule has 1 N–H and O–H groups in total. The van der Waals surface area contributed by atoms with Gasteiger partial charge in [0.15, 0.2) is 5.78 Å². The maximum atomic E-state index is 12.4. The van der Waals surface area contributed by atoms with Crippen molar-refractivity contribution in [2.75, 3.05) is 6.54 Å². The minimum Gasteiger partial charge on any atom is -0.356 e. The van der Waals surface area contributed by atoms with E-state index in [1.165, 1.54) is 0 Å². The molecule has 0 aromatic heterocycles. The van der Waals surface area contributed by atoms with Gasteiger partial charge in [-0.05, 0) is 25.2 Å². The summed E-state index contributed by atoms with van der Waals surface area (Å²) < 4.78 is 0. The maximum absolute atomic E-state index is 12.4. The number of amides is 1. The van der Waals surface area contributed by atoms with Crippen molar-refractivity contribution in [1.82, 2.24) is 5.32 Å². The van der Waals surface area contributed by atoms with Crippen molar-refractivity contribution in [2.45, 2.75) is 45.4 Å². The minimum atomic E-state index is -0.575. The fourth-order valence-electron chi connectivity index (χ4n) is 3.77. The van der Waals surface area contributed by atoms with E-state index >= 15 is 0 Å². The fraction of sp³-hybridized carbons (Fsp3) is 0.846. The van der Waals surface area contributed by atoms with E-state index in [2.05, 4.69) is 35.1 Å². The molecule has 0 aromatic carbocycles. The monoisotopic (exact) mass is 301 g/mol. The largest absolute Gasteiger partial charge is 0.356 e. The standard InChI is InChI=1S/C13H20BrNO2/c1-5-15-10(17)13-7-6-12(4,11(13,2)3)9(16)8(13)14/h8H,5-7H2,1-4H3,(H,15,17)/t8-,12+,13-/m1/s1. The van der Waals surface area contributed by atoms with E-state index in [9.17, 15) is 9.59 Å². The Morgan fingerprint density at radius 1 is 1.41 bits per heavy atom. The van der Waals surface area contributed by atoms with Gasteiger partial charge in [0.05, 0.1) is 10.2 Å². The van der Waals surface area contributed by atoms with Gasteiger partial charge in [0.1, 0.15) is 0 Å². The number of Topliss-reactive ketones (excluding diaryl/α,β-unsaturated/α-hetero) is 1. The molecular weight excluding hydrogens is 282 g/mol. The number of alkyl halides is 1. The average molecular weight is 302 g/mol. The van der Waals surface area contributed by atoms with Gasteiger partial charge in [0.2, 0.25) is 5.91 Å². The highest BCUT2D eigenvalue weighted by Crippen LogP contribution is 2.72. The first-order valence-corrected chi connectivity index (χ1v) is 7.14. The van der Waals surface area contributed by atoms with Crippen LogP contribution in [0.1, 0.15) is 40.5 Å². The summed E-state index contributed by atoms with van der Waals surface area (Å²) in [5, 5.41) is 2.91. The van der Waals surface area contributed by atoms with E-state index in [1.807, 2.05) is 13.8 Å². The zero-order valence-electron chi connectivity index (χ0n) is 10.9. The summed E-state index contributed by atoms with van der Waals surface area (Å²) in [5.41, 5.74) is -1.23. The Kier molecular flexibility index (Phi) is 2.74. The summed E-state index contributed by atoms with van der Waals surface area (Å²) in [4.78, 5) is 24.5. The van der Waals surface area contributed by atoms with Crippen LogP contribution in [-0.4, -0.2) is 23.1 Å². The third-order valence-corrected chi connectivity index (χ3v) is 6.66. The van der Waals surface area contributed by atoms with Crippen LogP contribution in [0.4, 0.5) is 0 Å². The zero-order chi connectivity index (χ0) is 13.1. The van der Waals surface area contributed by atoms with Crippen LogP contribution in [0.15, 0.2) is 0 Å². The van der Waals surface area contributed by atoms with Crippen molar-refractivity contribution in [3.8, 4) is 0 Å². The van der Waals surface area contributed by atoms with Crippen LogP contribution in [0.3, 0.4) is 0 Å². The second-order valence-corrected chi connectivity index (χ2v) is 6.93. The predicted octanol–water partition coefficient (Wildman–Crippen LogP) is 2.28. The Morgan fingerprint density at radius 3 is 2.41 bits per heavy atom. The fourth-order valence-corrected chi connectivity index (χ4v) is 5.29. The van der Waals surface area contributed by atoms with Gasteiger partial charge in [0.25, 0.3) is 0 Å². The molecule has 1 amide bonds. The minimum absolute atomic E-state index is 0.0291. The van der Waals surface area contributed by atoms with Crippen LogP contribution >= 0.6 is 15.9 Å². The Balaban J connectivity index is 2.54. The second kappa shape index (κ2) is 3.56. The van der Waals surface area contributed by atoms with Crippen molar-refractivity contribution in [1.29, 1.82) is 0 Å². The van der Waals surface area contributed by atoms with Crippen molar-refractivity contribution < 1.29 is 9.59 Å². The molecule has 2 fully saturated rings. The highest BCUT2D eigenvalue weighted by molar-refractivity contribution is 9.10. The first-order chi connectivity index (χ1) is 7.75. The molecule has 0 unspecified atom stereocenters. The van der Waals surface area contributed by atoms with E-state index in [0.717, 1.165) is 12.8 Å². The number of hydrogen-bond donors (Lipinski definition) is 1. The molecular formula is C13H20BrNO2. The predicted molar refractivity (Wildman–Crippen MR) is 70.0 cm³/mol. The Morgan fingerprint density at radius 2 is 2.00 bits per heavy atom. The molecule has 96 valence electrons. The maximum Gasteiger partial charge on any atom is 0.228 e. The molecule has 2 aliphatic rings. The number of carbonyl (C=O) groups is 2. The molecule has 0 aromatic rings. The smallest absolute Gasteiger partial charge is 0.228 e. The van der Waals surface area contributed by atoms with Crippen LogP contribution in [0, 0.1) is 16.2 Å². The lowest BCUT2D eigenvalue weighted by Crippen LogP contribution is -2.50. The van der Waals surface area contributed by atoms with E-state index in [1.54, 1.807) is 0 Å². The number of nitrogens with one attached hydrogen (secondary N) is 1. The van der Waals surface area contributed by atoms with Crippen molar-refractivity contribution in [3.05, 3.63) is 0 Å². The second-order valence-electron chi connectivity index (χ2n) is 6.01. The van der Waals surface area contributed by atoms with E-state index in [-0.39, 0.29) is 27.3 Å². The number of fused-ring (bicyclic) bond motifs is 2. The summed E-state index contributed by atoms with van der Waals surface area (Å²) in [6, 6.07) is 0. The van der Waals surface area contributed by atoms with Crippen molar-refractivity contribution in [2.24, 2.45) is 16.2 Å². The molecule has 2 bridgehead atoms. The van der Waals surface area contributed by atoms with Gasteiger partial charge >= 0.3 is 0 Å². The molecule has 3 atom stereocenters. The molecule has 0 spiro atoms. The van der Waals surface area contributed by atoms with Gasteiger partial charge in [-0.2, -0.15) is 0 Å². The Hall–Kier alpha value is -0.380. The summed E-state index contributed by atoms with van der Waals surface area (Å²) in [7, 11) is 0. The molecule has 0 aliphatic heterocycles. The van der Waals surface area contributed by atoms with Crippen molar-refractivity contribution in [3.63, 3.8) is 0 Å². The van der Waals surface area contributed by atoms with Gasteiger partial charge < -0.3 is 5.32 Å². The van der Waals surface area contributed by atoms with E-state index in [0.29, 0.717) is 6.54 Å². The van der Waals surface area contributed by atoms with E-state index < -0.39 is 5.41 Å². The number of halogens is 1. The van der Waals surface area contributed by atoms with Crippen LogP contribution in [0.25, 0.3) is 0 Å². The average Bonchev–Trinajstić information content (AvgIpc) is 2.52. The Labute approximate surface area is 111 Å². The zero-order valence-corrected chi connectivity index (χ0v) is 12.5. The van der Waals surface area contributed by atoms with Gasteiger partial charge in [-0.1, -0.05) is 36.7 Å². The normalized spacial score (nSPS) is 42.9. The van der Waals surface area contributed by atoms with Crippen LogP contribution in [0.5, 0.6) is 0 Å². The van der Waals surface area contributed by atoms with Crippen molar-refractivity contribution >= 4 is 27.6 Å². The summed E-state index contributed by atoms with van der Waals surface area (Å²) in [5.74, 6) is 0.224. The molecule has 0 heterocycles. The summed E-state index contributed by atoms with van der Waals surface area (Å²) in [6.45, 7) is 8.66. The van der Waals surface area contributed by atoms with Crippen LogP contribution in [0.2, 0.25) is 0 Å². The third kappa shape index (κ3) is 1.18. The lowest BCUT2D eigenvalue weighted by atomic mass is 9.64. The van der Waals surface area contributed by atoms with Gasteiger partial charge in [0, 0.05) is 12.0 Å². The lowest BCUT2D eigenvalue weighted by molar-refractivity contribution is -0.135. The molecule has 2 rings (SSSR count). The quantitative estimate of drug-likeness (QED) is 0.796. The van der Waals surface area contributed by atoms with Crippen LogP contribution in [-0.2, 0) is 9.59 Å². The summed E-state index contributed by atoms with van der Waals surface area (Å²) in [6.07, 6.45) is 1.61. The molecule has 4 heteroatoms. The summed E-state index contributed by atoms with van der Waals surface area (Å²) >= 11 is 3.49. The topological polar surface area (TPSA) is 46.2 Å². The van der Waals surface area contributed by atoms with E-state index in [4.69, 9.17) is 0 Å². The molecule has 0 radical (unpaired) electrons. The highest BCUT2D eigenvalue weighted by Gasteiger charge is 2.76. The SMILES string of the molecule is CCNC(=O)[C@@]12CC[C@@](C)(C(=O)[C@H]1Br)C2(C)C. The molecule has 17 heavy (non-hydrogen) atoms. The van der Waals surface area contributed by atoms with Gasteiger partial charge in [-0.25, -0.2) is 0 Å². The highest BCUT2D eigenvalue weighted by atomic mass is 79.9. The first kappa shape index (κ1) is 13.1. The van der Waals surface area contributed by atoms with Crippen LogP contribution < -0.4 is 5.32 Å². The molecule has 2 saturated carbocycles. The number of ketones is 1. The van der Waals surface area contributed by atoms with Gasteiger partial charge in [-0.15, -0.1) is 0 Å². The first-order valence-electron chi connectivity index (χ1n) is 6.22.